The average molecular weight is 445 g/mol. The number of hydrogen-bond acceptors (Lipinski definition) is 6. The van der Waals surface area contributed by atoms with Gasteiger partial charge in [0.05, 0.1) is 26.9 Å². The Kier molecular flexibility index (Phi) is 7.65. The summed E-state index contributed by atoms with van der Waals surface area (Å²) in [6, 6.07) is 7.84. The van der Waals surface area contributed by atoms with Gasteiger partial charge in [-0.05, 0) is 46.6 Å². The Hall–Kier alpha value is -2.47. The van der Waals surface area contributed by atoms with E-state index >= 15 is 0 Å². The molecule has 0 spiro atoms. The summed E-state index contributed by atoms with van der Waals surface area (Å²) in [6.45, 7) is 8.69. The van der Waals surface area contributed by atoms with Crippen molar-refractivity contribution in [1.82, 2.24) is 0 Å². The lowest BCUT2D eigenvalue weighted by atomic mass is 9.87. The summed E-state index contributed by atoms with van der Waals surface area (Å²) >= 11 is 4.08. The molecule has 0 fully saturated rings. The molecule has 1 aliphatic heterocycles. The second-order valence-corrected chi connectivity index (χ2v) is 8.41. The molecule has 1 atom stereocenters. The first kappa shape index (κ1) is 23.2. The summed E-state index contributed by atoms with van der Waals surface area (Å²) in [6.07, 6.45) is 3.76. The van der Waals surface area contributed by atoms with Crippen LogP contribution >= 0.6 is 12.9 Å². The van der Waals surface area contributed by atoms with Crippen molar-refractivity contribution in [1.29, 1.82) is 0 Å². The van der Waals surface area contributed by atoms with Gasteiger partial charge in [-0.2, -0.15) is 0 Å². The largest absolute Gasteiger partial charge is 0.496 e. The fourth-order valence-corrected chi connectivity index (χ4v) is 4.08. The molecule has 0 N–H and O–H groups in total. The lowest BCUT2D eigenvalue weighted by Gasteiger charge is -2.29. The van der Waals surface area contributed by atoms with Gasteiger partial charge in [-0.3, -0.25) is 0 Å². The van der Waals surface area contributed by atoms with E-state index in [2.05, 4.69) is 32.8 Å². The van der Waals surface area contributed by atoms with Crippen molar-refractivity contribution in [2.75, 3.05) is 20.8 Å². The molecule has 6 heteroatoms. The normalized spacial score (nSPS) is 15.0. The minimum Gasteiger partial charge on any atom is -0.496 e. The summed E-state index contributed by atoms with van der Waals surface area (Å²) in [5.74, 6) is 3.94. The number of hydrogen-bond donors (Lipinski definition) is 1. The summed E-state index contributed by atoms with van der Waals surface area (Å²) in [4.78, 5) is 0. The summed E-state index contributed by atoms with van der Waals surface area (Å²) in [5, 5.41) is 0. The SMILES string of the molecule is COc1cc2c(c(OC)c1CC=C(C)C)C[C@H](c1ccc(OC(C)C)cc1OS)CO2. The van der Waals surface area contributed by atoms with Crippen molar-refractivity contribution in [2.45, 2.75) is 52.6 Å². The third kappa shape index (κ3) is 5.24. The Bertz CT molecular complexity index is 947. The Morgan fingerprint density at radius 2 is 1.94 bits per heavy atom. The average Bonchev–Trinajstić information content (AvgIpc) is 2.75. The minimum absolute atomic E-state index is 0.0852. The first-order chi connectivity index (χ1) is 14.9. The molecule has 0 saturated heterocycles. The van der Waals surface area contributed by atoms with E-state index in [1.807, 2.05) is 38.1 Å². The van der Waals surface area contributed by atoms with Crippen LogP contribution in [0, 0.1) is 0 Å². The van der Waals surface area contributed by atoms with Gasteiger partial charge in [0.1, 0.15) is 28.7 Å². The minimum atomic E-state index is 0.0852. The fraction of sp³-hybridized carbons (Fsp3) is 0.440. The van der Waals surface area contributed by atoms with Gasteiger partial charge >= 0.3 is 0 Å². The smallest absolute Gasteiger partial charge is 0.144 e. The van der Waals surface area contributed by atoms with E-state index in [1.54, 1.807) is 14.2 Å². The van der Waals surface area contributed by atoms with Crippen molar-refractivity contribution in [2.24, 2.45) is 0 Å². The number of allylic oxidation sites excluding steroid dienone is 2. The van der Waals surface area contributed by atoms with Gasteiger partial charge in [-0.25, -0.2) is 0 Å². The number of thiol groups is 1. The highest BCUT2D eigenvalue weighted by Gasteiger charge is 2.30. The summed E-state index contributed by atoms with van der Waals surface area (Å²) in [5.41, 5.74) is 4.35. The lowest BCUT2D eigenvalue weighted by Crippen LogP contribution is -2.21. The van der Waals surface area contributed by atoms with Crippen molar-refractivity contribution >= 4 is 12.9 Å². The zero-order valence-electron chi connectivity index (χ0n) is 19.2. The molecule has 0 aromatic heterocycles. The standard InChI is InChI=1S/C25H32O5S/c1-15(2)7-9-20-22(26-5)13-23-21(25(20)27-6)11-17(14-28-23)19-10-8-18(29-16(3)4)12-24(19)30-31/h7-8,10,12-13,16-17,31H,9,11,14H2,1-6H3/t17-/m0/s1. The molecule has 2 aromatic rings. The molecule has 0 amide bonds. The van der Waals surface area contributed by atoms with E-state index < -0.39 is 0 Å². The zero-order valence-corrected chi connectivity index (χ0v) is 20.0. The third-order valence-corrected chi connectivity index (χ3v) is 5.53. The molecule has 5 nitrogen and oxygen atoms in total. The number of ether oxygens (including phenoxy) is 4. The van der Waals surface area contributed by atoms with Crippen LogP contribution in [0.5, 0.6) is 28.7 Å². The maximum Gasteiger partial charge on any atom is 0.144 e. The Labute approximate surface area is 190 Å². The molecular weight excluding hydrogens is 412 g/mol. The van der Waals surface area contributed by atoms with E-state index in [0.717, 1.165) is 52.5 Å². The number of rotatable bonds is 8. The van der Waals surface area contributed by atoms with Gasteiger partial charge in [0.15, 0.2) is 0 Å². The molecule has 2 aromatic carbocycles. The quantitative estimate of drug-likeness (QED) is 0.310. The Morgan fingerprint density at radius 1 is 1.16 bits per heavy atom. The van der Waals surface area contributed by atoms with E-state index in [4.69, 9.17) is 23.1 Å². The van der Waals surface area contributed by atoms with E-state index in [1.165, 1.54) is 5.57 Å². The zero-order chi connectivity index (χ0) is 22.5. The van der Waals surface area contributed by atoms with Gasteiger partial charge in [-0.1, -0.05) is 17.7 Å². The maximum atomic E-state index is 6.16. The maximum absolute atomic E-state index is 6.16. The van der Waals surface area contributed by atoms with Crippen LogP contribution in [-0.2, 0) is 12.8 Å². The molecule has 3 rings (SSSR count). The van der Waals surface area contributed by atoms with Crippen molar-refractivity contribution in [3.8, 4) is 28.7 Å². The Balaban J connectivity index is 1.99. The van der Waals surface area contributed by atoms with Gasteiger partial charge in [-0.15, -0.1) is 0 Å². The van der Waals surface area contributed by atoms with Crippen LogP contribution in [0.15, 0.2) is 35.9 Å². The lowest BCUT2D eigenvalue weighted by molar-refractivity contribution is 0.240. The van der Waals surface area contributed by atoms with Crippen LogP contribution in [0.4, 0.5) is 0 Å². The van der Waals surface area contributed by atoms with Gasteiger partial charge in [0.25, 0.3) is 0 Å². The highest BCUT2D eigenvalue weighted by molar-refractivity contribution is 7.75. The molecule has 1 aliphatic rings. The molecule has 0 unspecified atom stereocenters. The van der Waals surface area contributed by atoms with Crippen LogP contribution in [0.2, 0.25) is 0 Å². The number of fused-ring (bicyclic) bond motifs is 1. The highest BCUT2D eigenvalue weighted by Crippen LogP contribution is 2.46. The van der Waals surface area contributed by atoms with Gasteiger partial charge in [0.2, 0.25) is 0 Å². The van der Waals surface area contributed by atoms with E-state index in [0.29, 0.717) is 12.4 Å². The van der Waals surface area contributed by atoms with E-state index in [9.17, 15) is 0 Å². The van der Waals surface area contributed by atoms with Crippen molar-refractivity contribution in [3.63, 3.8) is 0 Å². The highest BCUT2D eigenvalue weighted by atomic mass is 32.1. The first-order valence-corrected chi connectivity index (χ1v) is 10.9. The predicted octanol–water partition coefficient (Wildman–Crippen LogP) is 5.94. The van der Waals surface area contributed by atoms with Gasteiger partial charge < -0.3 is 23.1 Å². The monoisotopic (exact) mass is 444 g/mol. The molecule has 31 heavy (non-hydrogen) atoms. The first-order valence-electron chi connectivity index (χ1n) is 10.5. The molecule has 168 valence electrons. The van der Waals surface area contributed by atoms with Crippen molar-refractivity contribution in [3.05, 3.63) is 52.6 Å². The number of methoxy groups -OCH3 is 2. The van der Waals surface area contributed by atoms with Crippen LogP contribution in [-0.4, -0.2) is 26.9 Å². The van der Waals surface area contributed by atoms with Crippen LogP contribution in [0.3, 0.4) is 0 Å². The second kappa shape index (κ2) is 10.2. The topological polar surface area (TPSA) is 46.2 Å². The van der Waals surface area contributed by atoms with Crippen LogP contribution in [0.1, 0.15) is 50.3 Å². The fourth-order valence-electron chi connectivity index (χ4n) is 3.92. The molecule has 1 heterocycles. The predicted molar refractivity (Wildman–Crippen MR) is 126 cm³/mol. The third-order valence-electron chi connectivity index (χ3n) is 5.33. The summed E-state index contributed by atoms with van der Waals surface area (Å²) < 4.78 is 28.9. The summed E-state index contributed by atoms with van der Waals surface area (Å²) in [7, 11) is 3.38. The molecule has 0 bridgehead atoms. The van der Waals surface area contributed by atoms with Crippen molar-refractivity contribution < 1.29 is 23.1 Å². The molecule has 0 radical (unpaired) electrons. The van der Waals surface area contributed by atoms with Crippen LogP contribution < -0.4 is 23.1 Å². The molecule has 0 aliphatic carbocycles. The molecule has 0 saturated carbocycles. The van der Waals surface area contributed by atoms with Crippen LogP contribution in [0.25, 0.3) is 0 Å². The number of benzene rings is 2. The second-order valence-electron chi connectivity index (χ2n) is 8.22. The Morgan fingerprint density at radius 3 is 2.55 bits per heavy atom. The van der Waals surface area contributed by atoms with E-state index in [-0.39, 0.29) is 12.0 Å². The van der Waals surface area contributed by atoms with Gasteiger partial charge in [0, 0.05) is 47.7 Å². The molecular formula is C25H32O5S.